The smallest absolute Gasteiger partial charge is 0.0846 e. The summed E-state index contributed by atoms with van der Waals surface area (Å²) < 4.78 is 5.66. The summed E-state index contributed by atoms with van der Waals surface area (Å²) in [6.07, 6.45) is 2.54. The van der Waals surface area contributed by atoms with E-state index in [0.29, 0.717) is 12.3 Å². The van der Waals surface area contributed by atoms with Crippen LogP contribution in [0.2, 0.25) is 0 Å². The van der Waals surface area contributed by atoms with Gasteiger partial charge in [0.25, 0.3) is 0 Å². The molecule has 0 spiro atoms. The van der Waals surface area contributed by atoms with Crippen molar-refractivity contribution in [3.8, 4) is 0 Å². The fraction of sp³-hybridized carbons (Fsp3) is 0.600. The number of aromatic nitrogens is 5. The molecule has 0 saturated heterocycles. The van der Waals surface area contributed by atoms with Gasteiger partial charge in [-0.15, -0.1) is 10.2 Å². The van der Waals surface area contributed by atoms with Crippen molar-refractivity contribution in [2.24, 2.45) is 12.8 Å². The van der Waals surface area contributed by atoms with Crippen molar-refractivity contribution >= 4 is 11.5 Å². The Morgan fingerprint density at radius 2 is 2.18 bits per heavy atom. The highest BCUT2D eigenvalue weighted by atomic mass is 32.1. The van der Waals surface area contributed by atoms with E-state index >= 15 is 0 Å². The van der Waals surface area contributed by atoms with E-state index in [9.17, 15) is 0 Å². The Morgan fingerprint density at radius 3 is 2.76 bits per heavy atom. The highest BCUT2D eigenvalue weighted by Crippen LogP contribution is 2.26. The Hall–Kier alpha value is -1.34. The molecule has 92 valence electrons. The van der Waals surface area contributed by atoms with Gasteiger partial charge in [0.2, 0.25) is 0 Å². The summed E-state index contributed by atoms with van der Waals surface area (Å²) in [5.41, 5.74) is 8.06. The van der Waals surface area contributed by atoms with Crippen molar-refractivity contribution in [2.45, 2.75) is 32.2 Å². The molecule has 0 amide bonds. The zero-order valence-electron chi connectivity index (χ0n) is 10.2. The normalized spacial score (nSPS) is 13.2. The molecule has 2 N–H and O–H groups in total. The first-order valence-corrected chi connectivity index (χ1v) is 6.28. The van der Waals surface area contributed by atoms with Crippen LogP contribution in [0.15, 0.2) is 6.20 Å². The van der Waals surface area contributed by atoms with Gasteiger partial charge in [-0.2, -0.15) is 0 Å². The van der Waals surface area contributed by atoms with Crippen molar-refractivity contribution in [1.29, 1.82) is 0 Å². The molecule has 0 aliphatic heterocycles. The van der Waals surface area contributed by atoms with Crippen LogP contribution in [0.5, 0.6) is 0 Å². The van der Waals surface area contributed by atoms with Gasteiger partial charge < -0.3 is 5.73 Å². The number of rotatable bonds is 4. The molecule has 0 aliphatic rings. The van der Waals surface area contributed by atoms with E-state index in [2.05, 4.69) is 33.7 Å². The summed E-state index contributed by atoms with van der Waals surface area (Å²) in [6, 6.07) is -0.107. The molecule has 2 rings (SSSR count). The second-order valence-corrected chi connectivity index (χ2v) is 5.16. The lowest BCUT2D eigenvalue weighted by atomic mass is 10.0. The zero-order valence-corrected chi connectivity index (χ0v) is 11.0. The lowest BCUT2D eigenvalue weighted by Crippen LogP contribution is -2.14. The fourth-order valence-corrected chi connectivity index (χ4v) is 2.47. The van der Waals surface area contributed by atoms with Crippen molar-refractivity contribution in [1.82, 2.24) is 24.6 Å². The van der Waals surface area contributed by atoms with Gasteiger partial charge in [-0.25, -0.2) is 0 Å². The van der Waals surface area contributed by atoms with E-state index in [1.165, 1.54) is 11.5 Å². The molecule has 1 unspecified atom stereocenters. The summed E-state index contributed by atoms with van der Waals surface area (Å²) in [6.45, 7) is 4.19. The number of hydrogen-bond donors (Lipinski definition) is 1. The highest BCUT2D eigenvalue weighted by Gasteiger charge is 2.19. The minimum atomic E-state index is -0.107. The first-order valence-electron chi connectivity index (χ1n) is 5.51. The predicted molar refractivity (Wildman–Crippen MR) is 65.6 cm³/mol. The maximum Gasteiger partial charge on any atom is 0.0846 e. The van der Waals surface area contributed by atoms with Crippen LogP contribution in [0.4, 0.5) is 0 Å². The molecule has 2 aromatic heterocycles. The van der Waals surface area contributed by atoms with Crippen LogP contribution in [0.1, 0.15) is 42.1 Å². The summed E-state index contributed by atoms with van der Waals surface area (Å²) in [7, 11) is 1.84. The lowest BCUT2D eigenvalue weighted by molar-refractivity contribution is 0.683. The standard InChI is InChI=1S/C10H16N6S/c1-6(2)9-10(17-15-13-9)8(11)4-7-5-16(3)14-12-7/h5-6,8H,4,11H2,1-3H3. The van der Waals surface area contributed by atoms with Gasteiger partial charge in [-0.3, -0.25) is 4.68 Å². The molecule has 2 aromatic rings. The first kappa shape index (κ1) is 12.1. The van der Waals surface area contributed by atoms with Crippen LogP contribution in [0.3, 0.4) is 0 Å². The van der Waals surface area contributed by atoms with E-state index in [0.717, 1.165) is 16.3 Å². The molecule has 0 aromatic carbocycles. The van der Waals surface area contributed by atoms with Crippen molar-refractivity contribution in [3.63, 3.8) is 0 Å². The SMILES string of the molecule is CC(C)c1nnsc1C(N)Cc1cn(C)nn1. The Balaban J connectivity index is 2.14. The van der Waals surface area contributed by atoms with E-state index in [1.807, 2.05) is 13.2 Å². The molecule has 0 saturated carbocycles. The third kappa shape index (κ3) is 2.67. The molecule has 0 bridgehead atoms. The van der Waals surface area contributed by atoms with Gasteiger partial charge >= 0.3 is 0 Å². The molecule has 1 atom stereocenters. The number of nitrogens with two attached hydrogens (primary N) is 1. The third-order valence-corrected chi connectivity index (χ3v) is 3.37. The van der Waals surface area contributed by atoms with E-state index in [-0.39, 0.29) is 6.04 Å². The molecular formula is C10H16N6S. The molecule has 0 fully saturated rings. The van der Waals surface area contributed by atoms with Gasteiger partial charge in [0.1, 0.15) is 0 Å². The largest absolute Gasteiger partial charge is 0.323 e. The second-order valence-electron chi connectivity index (χ2n) is 4.37. The maximum atomic E-state index is 6.17. The molecule has 7 heteroatoms. The van der Waals surface area contributed by atoms with Crippen LogP contribution in [-0.4, -0.2) is 24.6 Å². The maximum absolute atomic E-state index is 6.17. The van der Waals surface area contributed by atoms with Gasteiger partial charge in [0.05, 0.1) is 16.3 Å². The Bertz CT molecular complexity index is 488. The number of aryl methyl sites for hydroxylation is 1. The van der Waals surface area contributed by atoms with Crippen molar-refractivity contribution in [3.05, 3.63) is 22.5 Å². The van der Waals surface area contributed by atoms with Crippen molar-refractivity contribution in [2.75, 3.05) is 0 Å². The quantitative estimate of drug-likeness (QED) is 0.878. The van der Waals surface area contributed by atoms with E-state index in [1.54, 1.807) is 4.68 Å². The fourth-order valence-electron chi connectivity index (χ4n) is 1.67. The monoisotopic (exact) mass is 252 g/mol. The average molecular weight is 252 g/mol. The van der Waals surface area contributed by atoms with Crippen LogP contribution in [-0.2, 0) is 13.5 Å². The topological polar surface area (TPSA) is 82.5 Å². The Kier molecular flexibility index (Phi) is 3.49. The molecular weight excluding hydrogens is 236 g/mol. The highest BCUT2D eigenvalue weighted by molar-refractivity contribution is 7.05. The summed E-state index contributed by atoms with van der Waals surface area (Å²) in [5, 5.41) is 12.1. The lowest BCUT2D eigenvalue weighted by Gasteiger charge is -2.10. The Morgan fingerprint density at radius 1 is 1.41 bits per heavy atom. The predicted octanol–water partition coefficient (Wildman–Crippen LogP) is 1.03. The minimum absolute atomic E-state index is 0.107. The van der Waals surface area contributed by atoms with Gasteiger partial charge in [0, 0.05) is 25.7 Å². The summed E-state index contributed by atoms with van der Waals surface area (Å²) in [5.74, 6) is 0.344. The zero-order chi connectivity index (χ0) is 12.4. The van der Waals surface area contributed by atoms with E-state index < -0.39 is 0 Å². The number of hydrogen-bond acceptors (Lipinski definition) is 6. The van der Waals surface area contributed by atoms with E-state index in [4.69, 9.17) is 5.73 Å². The molecule has 0 radical (unpaired) electrons. The third-order valence-electron chi connectivity index (χ3n) is 2.50. The first-order chi connectivity index (χ1) is 8.08. The average Bonchev–Trinajstić information content (AvgIpc) is 2.86. The van der Waals surface area contributed by atoms with Crippen LogP contribution < -0.4 is 5.73 Å². The van der Waals surface area contributed by atoms with Crippen LogP contribution in [0, 0.1) is 0 Å². The van der Waals surface area contributed by atoms with Crippen LogP contribution in [0.25, 0.3) is 0 Å². The summed E-state index contributed by atoms with van der Waals surface area (Å²) in [4.78, 5) is 1.05. The second kappa shape index (κ2) is 4.89. The van der Waals surface area contributed by atoms with Crippen LogP contribution >= 0.6 is 11.5 Å². The summed E-state index contributed by atoms with van der Waals surface area (Å²) >= 11 is 1.37. The Labute approximate surface area is 104 Å². The van der Waals surface area contributed by atoms with Gasteiger partial charge in [-0.05, 0) is 17.5 Å². The van der Waals surface area contributed by atoms with Crippen molar-refractivity contribution < 1.29 is 0 Å². The molecule has 17 heavy (non-hydrogen) atoms. The minimum Gasteiger partial charge on any atom is -0.323 e. The van der Waals surface area contributed by atoms with Gasteiger partial charge in [0.15, 0.2) is 0 Å². The molecule has 2 heterocycles. The van der Waals surface area contributed by atoms with Gasteiger partial charge in [-0.1, -0.05) is 23.5 Å². The molecule has 6 nitrogen and oxygen atoms in total. The number of nitrogens with zero attached hydrogens (tertiary/aromatic N) is 5. The molecule has 0 aliphatic carbocycles.